The Labute approximate surface area is 163 Å². The minimum absolute atomic E-state index is 0.0985. The monoisotopic (exact) mass is 394 g/mol. The maximum absolute atomic E-state index is 14.7. The molecule has 0 unspecified atom stereocenters. The van der Waals surface area contributed by atoms with Crippen molar-refractivity contribution in [1.82, 2.24) is 20.5 Å². The molecule has 10 heteroatoms. The summed E-state index contributed by atoms with van der Waals surface area (Å²) in [5.41, 5.74) is 5.03. The van der Waals surface area contributed by atoms with Gasteiger partial charge in [-0.05, 0) is 25.7 Å². The number of nitrogens with one attached hydrogen (secondary N) is 2. The van der Waals surface area contributed by atoms with Crippen LogP contribution in [0.4, 0.5) is 16.0 Å². The Morgan fingerprint density at radius 1 is 1.36 bits per heavy atom. The molecule has 2 amide bonds. The van der Waals surface area contributed by atoms with Crippen LogP contribution in [0.3, 0.4) is 0 Å². The number of carbonyl (C=O) groups excluding carboxylic acids is 2. The highest BCUT2D eigenvalue weighted by molar-refractivity contribution is 5.80. The molecular formula is C18H27FN6O3. The smallest absolute Gasteiger partial charge is 0.243 e. The Hall–Kier alpha value is -2.49. The lowest BCUT2D eigenvalue weighted by molar-refractivity contribution is -0.154. The molecule has 0 spiro atoms. The Kier molecular flexibility index (Phi) is 6.61. The van der Waals surface area contributed by atoms with Crippen molar-refractivity contribution in [3.05, 3.63) is 11.6 Å². The van der Waals surface area contributed by atoms with E-state index in [1.807, 2.05) is 4.90 Å². The molecule has 1 aromatic rings. The van der Waals surface area contributed by atoms with Crippen molar-refractivity contribution in [2.45, 2.75) is 45.4 Å². The van der Waals surface area contributed by atoms with Crippen LogP contribution in [0, 0.1) is 24.6 Å². The molecule has 28 heavy (non-hydrogen) atoms. The van der Waals surface area contributed by atoms with E-state index in [0.29, 0.717) is 23.2 Å². The molecule has 1 aliphatic heterocycles. The molecule has 0 aromatic carbocycles. The van der Waals surface area contributed by atoms with Crippen molar-refractivity contribution in [2.75, 3.05) is 30.0 Å². The van der Waals surface area contributed by atoms with Crippen molar-refractivity contribution in [1.29, 1.82) is 0 Å². The second-order valence-electron chi connectivity index (χ2n) is 7.52. The van der Waals surface area contributed by atoms with E-state index in [-0.39, 0.29) is 24.6 Å². The average Bonchev–Trinajstić information content (AvgIpc) is 3.13. The Bertz CT molecular complexity index is 709. The van der Waals surface area contributed by atoms with E-state index in [9.17, 15) is 19.2 Å². The Balaban J connectivity index is 1.65. The number of halogens is 1. The predicted octanol–water partition coefficient (Wildman–Crippen LogP) is 1.62. The van der Waals surface area contributed by atoms with E-state index >= 15 is 0 Å². The molecular weight excluding hydrogens is 367 g/mol. The van der Waals surface area contributed by atoms with Gasteiger partial charge in [0.25, 0.3) is 0 Å². The topological polar surface area (TPSA) is 111 Å². The summed E-state index contributed by atoms with van der Waals surface area (Å²) in [5.74, 6) is -0.744. The Morgan fingerprint density at radius 3 is 2.68 bits per heavy atom. The van der Waals surface area contributed by atoms with Crippen molar-refractivity contribution < 1.29 is 19.2 Å². The van der Waals surface area contributed by atoms with E-state index in [2.05, 4.69) is 20.8 Å². The van der Waals surface area contributed by atoms with Crippen LogP contribution in [-0.2, 0) is 9.59 Å². The molecule has 2 aliphatic rings. The minimum atomic E-state index is -0.616. The lowest BCUT2D eigenvalue weighted by atomic mass is 9.92. The molecule has 1 aliphatic carbocycles. The number of rotatable bonds is 9. The normalized spacial score (nSPS) is 17.8. The lowest BCUT2D eigenvalue weighted by Crippen LogP contribution is -2.42. The summed E-state index contributed by atoms with van der Waals surface area (Å²) in [6, 6.07) is 0. The summed E-state index contributed by atoms with van der Waals surface area (Å²) in [5, 5.41) is 10.00. The van der Waals surface area contributed by atoms with Gasteiger partial charge in [-0.25, -0.2) is 15.0 Å². The van der Waals surface area contributed by atoms with Crippen LogP contribution in [-0.4, -0.2) is 52.2 Å². The van der Waals surface area contributed by atoms with Crippen LogP contribution in [0.15, 0.2) is 0 Å². The molecule has 0 radical (unpaired) electrons. The maximum atomic E-state index is 14.7. The van der Waals surface area contributed by atoms with Crippen molar-refractivity contribution >= 4 is 24.0 Å². The zero-order valence-electron chi connectivity index (χ0n) is 16.0. The molecule has 1 atom stereocenters. The molecule has 0 bridgehead atoms. The molecule has 1 saturated heterocycles. The minimum Gasteiger partial charge on any atom is -0.354 e. The van der Waals surface area contributed by atoms with Gasteiger partial charge in [0.15, 0.2) is 11.6 Å². The van der Waals surface area contributed by atoms with Gasteiger partial charge in [-0.1, -0.05) is 25.7 Å². The molecule has 3 rings (SSSR count). The molecule has 9 nitrogen and oxygen atoms in total. The number of hydrogen-bond acceptors (Lipinski definition) is 7. The first kappa shape index (κ1) is 20.2. The molecule has 3 N–H and O–H groups in total. The standard InChI is InChI=1S/C18H27FN6O3/c1-12-20-16(15(19)17(21-12)24-7-4-8-24)22-23-18(27)14(10-25(28)11-26)9-13-5-2-3-6-13/h11,13-14,28H,2-10H2,1H3,(H,23,27)(H,20,21,22)/t14-/m0/s1. The number of anilines is 2. The molecule has 2 fully saturated rings. The number of carbonyl (C=O) groups is 2. The van der Waals surface area contributed by atoms with Crippen LogP contribution in [0.1, 0.15) is 44.3 Å². The van der Waals surface area contributed by atoms with Gasteiger partial charge in [-0.2, -0.15) is 4.39 Å². The lowest BCUT2D eigenvalue weighted by Gasteiger charge is -2.32. The van der Waals surface area contributed by atoms with Gasteiger partial charge in [-0.15, -0.1) is 0 Å². The van der Waals surface area contributed by atoms with Gasteiger partial charge in [0.05, 0.1) is 12.5 Å². The van der Waals surface area contributed by atoms with Gasteiger partial charge < -0.3 is 4.90 Å². The third kappa shape index (κ3) is 4.86. The summed E-state index contributed by atoms with van der Waals surface area (Å²) in [7, 11) is 0. The first-order chi connectivity index (χ1) is 13.5. The molecule has 1 aromatic heterocycles. The fourth-order valence-corrected chi connectivity index (χ4v) is 3.77. The van der Waals surface area contributed by atoms with Crippen molar-refractivity contribution in [3.8, 4) is 0 Å². The average molecular weight is 394 g/mol. The van der Waals surface area contributed by atoms with E-state index in [4.69, 9.17) is 0 Å². The van der Waals surface area contributed by atoms with E-state index in [0.717, 1.165) is 45.2 Å². The van der Waals surface area contributed by atoms with Crippen molar-refractivity contribution in [2.24, 2.45) is 11.8 Å². The first-order valence-electron chi connectivity index (χ1n) is 9.73. The summed E-state index contributed by atoms with van der Waals surface area (Å²) in [4.78, 5) is 33.4. The van der Waals surface area contributed by atoms with Gasteiger partial charge in [0.1, 0.15) is 5.82 Å². The number of hydroxylamine groups is 2. The van der Waals surface area contributed by atoms with E-state index in [1.165, 1.54) is 0 Å². The van der Waals surface area contributed by atoms with Crippen LogP contribution in [0.25, 0.3) is 0 Å². The van der Waals surface area contributed by atoms with Gasteiger partial charge in [-0.3, -0.25) is 25.6 Å². The third-order valence-electron chi connectivity index (χ3n) is 5.40. The molecule has 154 valence electrons. The number of hydrogen-bond donors (Lipinski definition) is 3. The second kappa shape index (κ2) is 9.13. The number of nitrogens with zero attached hydrogens (tertiary/aromatic N) is 4. The summed E-state index contributed by atoms with van der Waals surface area (Å²) >= 11 is 0. The summed E-state index contributed by atoms with van der Waals surface area (Å²) < 4.78 is 14.7. The van der Waals surface area contributed by atoms with Crippen LogP contribution in [0.5, 0.6) is 0 Å². The van der Waals surface area contributed by atoms with Crippen LogP contribution >= 0.6 is 0 Å². The summed E-state index contributed by atoms with van der Waals surface area (Å²) in [6.45, 7) is 3.02. The van der Waals surface area contributed by atoms with Gasteiger partial charge in [0, 0.05) is 13.1 Å². The zero-order chi connectivity index (χ0) is 20.1. The highest BCUT2D eigenvalue weighted by Crippen LogP contribution is 2.31. The quantitative estimate of drug-likeness (QED) is 0.332. The van der Waals surface area contributed by atoms with Crippen LogP contribution < -0.4 is 15.8 Å². The highest BCUT2D eigenvalue weighted by atomic mass is 19.1. The zero-order valence-corrected chi connectivity index (χ0v) is 16.0. The SMILES string of the molecule is Cc1nc(NNC(=O)[C@@H](CC2CCCC2)CN(O)C=O)c(F)c(N2CCC2)n1. The van der Waals surface area contributed by atoms with Crippen LogP contribution in [0.2, 0.25) is 0 Å². The first-order valence-corrected chi connectivity index (χ1v) is 9.73. The molecule has 1 saturated carbocycles. The van der Waals surface area contributed by atoms with Gasteiger partial charge in [0.2, 0.25) is 18.1 Å². The van der Waals surface area contributed by atoms with E-state index < -0.39 is 17.6 Å². The second-order valence-corrected chi connectivity index (χ2v) is 7.52. The Morgan fingerprint density at radius 2 is 2.07 bits per heavy atom. The number of hydrazine groups is 1. The number of amides is 2. The maximum Gasteiger partial charge on any atom is 0.243 e. The highest BCUT2D eigenvalue weighted by Gasteiger charge is 2.28. The third-order valence-corrected chi connectivity index (χ3v) is 5.40. The molecule has 2 heterocycles. The largest absolute Gasteiger partial charge is 0.354 e. The predicted molar refractivity (Wildman–Crippen MR) is 99.9 cm³/mol. The van der Waals surface area contributed by atoms with E-state index in [1.54, 1.807) is 6.92 Å². The van der Waals surface area contributed by atoms with Gasteiger partial charge >= 0.3 is 0 Å². The fraction of sp³-hybridized carbons (Fsp3) is 0.667. The summed E-state index contributed by atoms with van der Waals surface area (Å²) in [6.07, 6.45) is 6.12. The van der Waals surface area contributed by atoms with Crippen molar-refractivity contribution in [3.63, 3.8) is 0 Å². The fourth-order valence-electron chi connectivity index (χ4n) is 3.77. The number of aryl methyl sites for hydroxylation is 1. The number of aromatic nitrogens is 2.